The molecule has 1 aliphatic rings. The van der Waals surface area contributed by atoms with Gasteiger partial charge in [-0.25, -0.2) is 0 Å². The van der Waals surface area contributed by atoms with Gasteiger partial charge >= 0.3 is 0 Å². The lowest BCUT2D eigenvalue weighted by Crippen LogP contribution is -2.13. The number of benzene rings is 1. The maximum absolute atomic E-state index is 10.6. The Morgan fingerprint density at radius 3 is 2.43 bits per heavy atom. The van der Waals surface area contributed by atoms with E-state index in [2.05, 4.69) is 50.0 Å². The molecule has 0 saturated heterocycles. The highest BCUT2D eigenvalue weighted by atomic mass is 16.3. The zero-order valence-corrected chi connectivity index (χ0v) is 14.4. The van der Waals surface area contributed by atoms with E-state index in [1.165, 1.54) is 16.7 Å². The highest BCUT2D eigenvalue weighted by molar-refractivity contribution is 5.80. The van der Waals surface area contributed by atoms with Crippen LogP contribution >= 0.6 is 0 Å². The standard InChI is InChI=1S/C21H25NO/c1-5-15(6-2)20-18(23)11-16-9-7-13(3)19(21(16)20)17-10-8-14(4)22-12-17/h7-12,15,20,23H,5-6H2,1-4H3. The predicted molar refractivity (Wildman–Crippen MR) is 96.6 cm³/mol. The summed E-state index contributed by atoms with van der Waals surface area (Å²) in [4.78, 5) is 4.47. The molecule has 1 aromatic carbocycles. The fourth-order valence-electron chi connectivity index (χ4n) is 3.84. The van der Waals surface area contributed by atoms with E-state index in [0.29, 0.717) is 11.7 Å². The Balaban J connectivity index is 2.21. The van der Waals surface area contributed by atoms with E-state index in [0.717, 1.165) is 29.7 Å². The highest BCUT2D eigenvalue weighted by Gasteiger charge is 2.33. The topological polar surface area (TPSA) is 33.1 Å². The van der Waals surface area contributed by atoms with Crippen molar-refractivity contribution in [1.82, 2.24) is 4.98 Å². The van der Waals surface area contributed by atoms with Crippen LogP contribution in [0.3, 0.4) is 0 Å². The number of pyridine rings is 1. The lowest BCUT2D eigenvalue weighted by molar-refractivity contribution is 0.313. The molecule has 1 N–H and O–H groups in total. The molecule has 2 heteroatoms. The Morgan fingerprint density at radius 1 is 1.09 bits per heavy atom. The van der Waals surface area contributed by atoms with Crippen molar-refractivity contribution in [3.63, 3.8) is 0 Å². The first kappa shape index (κ1) is 15.8. The minimum Gasteiger partial charge on any atom is -0.512 e. The summed E-state index contributed by atoms with van der Waals surface area (Å²) in [5.74, 6) is 1.09. The van der Waals surface area contributed by atoms with Gasteiger partial charge in [0.1, 0.15) is 5.76 Å². The van der Waals surface area contributed by atoms with Crippen LogP contribution in [0.4, 0.5) is 0 Å². The summed E-state index contributed by atoms with van der Waals surface area (Å²) >= 11 is 0. The molecule has 0 aliphatic heterocycles. The van der Waals surface area contributed by atoms with Gasteiger partial charge in [-0.1, -0.05) is 44.9 Å². The van der Waals surface area contributed by atoms with Crippen LogP contribution in [0.5, 0.6) is 0 Å². The van der Waals surface area contributed by atoms with Crippen molar-refractivity contribution < 1.29 is 5.11 Å². The summed E-state index contributed by atoms with van der Waals surface area (Å²) in [7, 11) is 0. The quantitative estimate of drug-likeness (QED) is 0.774. The van der Waals surface area contributed by atoms with Gasteiger partial charge in [0.15, 0.2) is 0 Å². The smallest absolute Gasteiger partial charge is 0.101 e. The molecule has 23 heavy (non-hydrogen) atoms. The molecule has 1 aromatic heterocycles. The fourth-order valence-corrected chi connectivity index (χ4v) is 3.84. The Hall–Kier alpha value is -2.09. The summed E-state index contributed by atoms with van der Waals surface area (Å²) in [6, 6.07) is 8.48. The number of hydrogen-bond acceptors (Lipinski definition) is 2. The van der Waals surface area contributed by atoms with Crippen LogP contribution in [0, 0.1) is 19.8 Å². The number of aliphatic hydroxyl groups excluding tert-OH is 1. The first-order valence-electron chi connectivity index (χ1n) is 8.53. The summed E-state index contributed by atoms with van der Waals surface area (Å²) in [6.45, 7) is 8.58. The third-order valence-electron chi connectivity index (χ3n) is 5.14. The maximum Gasteiger partial charge on any atom is 0.101 e. The molecule has 0 bridgehead atoms. The van der Waals surface area contributed by atoms with Crippen molar-refractivity contribution >= 4 is 6.08 Å². The third-order valence-corrected chi connectivity index (χ3v) is 5.14. The molecule has 0 saturated carbocycles. The van der Waals surface area contributed by atoms with Crippen molar-refractivity contribution in [2.75, 3.05) is 0 Å². The summed E-state index contributed by atoms with van der Waals surface area (Å²) in [6.07, 6.45) is 6.04. The molecular formula is C21H25NO. The van der Waals surface area contributed by atoms with Gasteiger partial charge in [0.2, 0.25) is 0 Å². The van der Waals surface area contributed by atoms with Crippen molar-refractivity contribution in [2.45, 2.75) is 46.5 Å². The van der Waals surface area contributed by atoms with Crippen molar-refractivity contribution in [2.24, 2.45) is 5.92 Å². The average molecular weight is 307 g/mol. The molecular weight excluding hydrogens is 282 g/mol. The van der Waals surface area contributed by atoms with Crippen LogP contribution in [0.1, 0.15) is 55.0 Å². The minimum atomic E-state index is 0.108. The van der Waals surface area contributed by atoms with Gasteiger partial charge in [-0.3, -0.25) is 4.98 Å². The van der Waals surface area contributed by atoms with E-state index in [9.17, 15) is 5.11 Å². The molecule has 0 fully saturated rings. The molecule has 1 heterocycles. The largest absolute Gasteiger partial charge is 0.512 e. The second-order valence-electron chi connectivity index (χ2n) is 6.57. The molecule has 2 nitrogen and oxygen atoms in total. The summed E-state index contributed by atoms with van der Waals surface area (Å²) in [5, 5.41) is 10.6. The summed E-state index contributed by atoms with van der Waals surface area (Å²) < 4.78 is 0. The molecule has 0 radical (unpaired) electrons. The van der Waals surface area contributed by atoms with Gasteiger partial charge in [0, 0.05) is 23.4 Å². The molecule has 1 atom stereocenters. The molecule has 120 valence electrons. The Kier molecular flexibility index (Phi) is 4.25. The maximum atomic E-state index is 10.6. The lowest BCUT2D eigenvalue weighted by atomic mass is 9.79. The van der Waals surface area contributed by atoms with E-state index in [-0.39, 0.29) is 5.92 Å². The van der Waals surface area contributed by atoms with Gasteiger partial charge in [-0.05, 0) is 54.2 Å². The summed E-state index contributed by atoms with van der Waals surface area (Å²) in [5.41, 5.74) is 7.09. The molecule has 1 unspecified atom stereocenters. The average Bonchev–Trinajstić information content (AvgIpc) is 2.87. The number of aryl methyl sites for hydroxylation is 2. The van der Waals surface area contributed by atoms with Crippen molar-refractivity contribution in [3.05, 3.63) is 58.6 Å². The van der Waals surface area contributed by atoms with Crippen LogP contribution in [-0.4, -0.2) is 10.1 Å². The van der Waals surface area contributed by atoms with Crippen LogP contribution < -0.4 is 0 Å². The molecule has 0 spiro atoms. The first-order valence-corrected chi connectivity index (χ1v) is 8.53. The lowest BCUT2D eigenvalue weighted by Gasteiger charge is -2.25. The zero-order chi connectivity index (χ0) is 16.6. The van der Waals surface area contributed by atoms with E-state index in [1.807, 2.05) is 19.2 Å². The normalized spacial score (nSPS) is 16.6. The number of nitrogens with zero attached hydrogens (tertiary/aromatic N) is 1. The minimum absolute atomic E-state index is 0.108. The van der Waals surface area contributed by atoms with Gasteiger partial charge in [-0.15, -0.1) is 0 Å². The van der Waals surface area contributed by atoms with Crippen LogP contribution in [0.15, 0.2) is 36.2 Å². The fraction of sp³-hybridized carbons (Fsp3) is 0.381. The van der Waals surface area contributed by atoms with Gasteiger partial charge in [-0.2, -0.15) is 0 Å². The second-order valence-corrected chi connectivity index (χ2v) is 6.57. The SMILES string of the molecule is CCC(CC)C1C(O)=Cc2ccc(C)c(-c3ccc(C)nc3)c21. The second kappa shape index (κ2) is 6.19. The molecule has 0 amide bonds. The number of hydrogen-bond donors (Lipinski definition) is 1. The predicted octanol–water partition coefficient (Wildman–Crippen LogP) is 5.80. The Morgan fingerprint density at radius 2 is 1.83 bits per heavy atom. The van der Waals surface area contributed by atoms with E-state index >= 15 is 0 Å². The monoisotopic (exact) mass is 307 g/mol. The highest BCUT2D eigenvalue weighted by Crippen LogP contribution is 2.47. The first-order chi connectivity index (χ1) is 11.1. The van der Waals surface area contributed by atoms with Gasteiger partial charge in [0.05, 0.1) is 0 Å². The number of aliphatic hydroxyl groups is 1. The Bertz CT molecular complexity index is 739. The van der Waals surface area contributed by atoms with E-state index < -0.39 is 0 Å². The van der Waals surface area contributed by atoms with Crippen LogP contribution in [-0.2, 0) is 0 Å². The van der Waals surface area contributed by atoms with E-state index in [4.69, 9.17) is 0 Å². The molecule has 1 aliphatic carbocycles. The van der Waals surface area contributed by atoms with Gasteiger partial charge in [0.25, 0.3) is 0 Å². The molecule has 3 rings (SSSR count). The Labute approximate surface area is 138 Å². The third kappa shape index (κ3) is 2.67. The number of fused-ring (bicyclic) bond motifs is 1. The van der Waals surface area contributed by atoms with E-state index in [1.54, 1.807) is 0 Å². The number of allylic oxidation sites excluding steroid dienone is 1. The number of rotatable bonds is 4. The van der Waals surface area contributed by atoms with Crippen molar-refractivity contribution in [1.29, 1.82) is 0 Å². The molecule has 2 aromatic rings. The van der Waals surface area contributed by atoms with Crippen LogP contribution in [0.25, 0.3) is 17.2 Å². The van der Waals surface area contributed by atoms with Gasteiger partial charge < -0.3 is 5.11 Å². The zero-order valence-electron chi connectivity index (χ0n) is 14.4. The van der Waals surface area contributed by atoms with Crippen molar-refractivity contribution in [3.8, 4) is 11.1 Å². The van der Waals surface area contributed by atoms with Crippen LogP contribution in [0.2, 0.25) is 0 Å². The number of aromatic nitrogens is 1.